The van der Waals surface area contributed by atoms with Crippen LogP contribution in [0.4, 0.5) is 5.69 Å². The Kier molecular flexibility index (Phi) is 6.42. The Hall–Kier alpha value is -3.44. The molecule has 0 saturated carbocycles. The number of nitrogens with zero attached hydrogens (tertiary/aromatic N) is 1. The van der Waals surface area contributed by atoms with E-state index in [9.17, 15) is 9.59 Å². The van der Waals surface area contributed by atoms with Gasteiger partial charge in [-0.2, -0.15) is 5.10 Å². The van der Waals surface area contributed by atoms with Crippen molar-refractivity contribution in [3.05, 3.63) is 100 Å². The van der Waals surface area contributed by atoms with Crippen molar-refractivity contribution in [1.82, 2.24) is 5.43 Å². The zero-order valence-electron chi connectivity index (χ0n) is 16.1. The van der Waals surface area contributed by atoms with Crippen molar-refractivity contribution in [3.63, 3.8) is 0 Å². The molecule has 3 rings (SSSR count). The lowest BCUT2D eigenvalue weighted by atomic mass is 10.1. The summed E-state index contributed by atoms with van der Waals surface area (Å²) in [6, 6.07) is 21.3. The number of benzene rings is 3. The van der Waals surface area contributed by atoms with Gasteiger partial charge in [0.2, 0.25) is 0 Å². The quantitative estimate of drug-likeness (QED) is 0.460. The Morgan fingerprint density at radius 2 is 1.45 bits per heavy atom. The number of carbonyl (C=O) groups excluding carboxylic acids is 2. The summed E-state index contributed by atoms with van der Waals surface area (Å²) in [6.07, 6.45) is 0. The molecule has 6 heteroatoms. The predicted molar refractivity (Wildman–Crippen MR) is 117 cm³/mol. The minimum Gasteiger partial charge on any atom is -0.322 e. The highest BCUT2D eigenvalue weighted by molar-refractivity contribution is 6.30. The van der Waals surface area contributed by atoms with Gasteiger partial charge in [-0.1, -0.05) is 41.9 Å². The van der Waals surface area contributed by atoms with Crippen molar-refractivity contribution in [3.8, 4) is 0 Å². The molecule has 0 aliphatic carbocycles. The third-order valence-corrected chi connectivity index (χ3v) is 4.63. The number of halogens is 1. The van der Waals surface area contributed by atoms with Crippen LogP contribution in [0.25, 0.3) is 0 Å². The van der Waals surface area contributed by atoms with E-state index in [1.54, 1.807) is 49.4 Å². The molecule has 0 saturated heterocycles. The monoisotopic (exact) mass is 405 g/mol. The number of anilines is 1. The van der Waals surface area contributed by atoms with Crippen LogP contribution in [-0.2, 0) is 0 Å². The third-order valence-electron chi connectivity index (χ3n) is 4.38. The lowest BCUT2D eigenvalue weighted by Gasteiger charge is -2.08. The first-order valence-electron chi connectivity index (χ1n) is 9.01. The zero-order chi connectivity index (χ0) is 20.8. The summed E-state index contributed by atoms with van der Waals surface area (Å²) < 4.78 is 0. The second kappa shape index (κ2) is 9.17. The molecular weight excluding hydrogens is 386 g/mol. The maximum absolute atomic E-state index is 12.4. The summed E-state index contributed by atoms with van der Waals surface area (Å²) in [6.45, 7) is 3.69. The van der Waals surface area contributed by atoms with Crippen LogP contribution in [0, 0.1) is 6.92 Å². The molecule has 0 heterocycles. The molecule has 0 aliphatic rings. The summed E-state index contributed by atoms with van der Waals surface area (Å²) in [5.41, 5.74) is 6.71. The molecule has 29 heavy (non-hydrogen) atoms. The van der Waals surface area contributed by atoms with E-state index in [0.717, 1.165) is 11.1 Å². The van der Waals surface area contributed by atoms with Crippen molar-refractivity contribution in [2.24, 2.45) is 5.10 Å². The molecule has 2 N–H and O–H groups in total. The average molecular weight is 406 g/mol. The van der Waals surface area contributed by atoms with Crippen molar-refractivity contribution < 1.29 is 9.59 Å². The van der Waals surface area contributed by atoms with Gasteiger partial charge in [-0.25, -0.2) is 5.43 Å². The van der Waals surface area contributed by atoms with E-state index in [1.807, 2.05) is 37.3 Å². The molecule has 5 nitrogen and oxygen atoms in total. The fourth-order valence-electron chi connectivity index (χ4n) is 2.69. The van der Waals surface area contributed by atoms with Crippen LogP contribution in [0.15, 0.2) is 77.9 Å². The standard InChI is InChI=1S/C23H20ClN3O2/c1-15-5-3-4-6-21(15)23(29)25-20-13-9-17(10-14-20)16(2)26-27-22(28)18-7-11-19(24)12-8-18/h3-14H,1-2H3,(H,25,29)(H,27,28). The minimum atomic E-state index is -0.317. The van der Waals surface area contributed by atoms with E-state index in [-0.39, 0.29) is 11.8 Å². The van der Waals surface area contributed by atoms with Crippen LogP contribution in [0.2, 0.25) is 5.02 Å². The molecular formula is C23H20ClN3O2. The summed E-state index contributed by atoms with van der Waals surface area (Å²) in [4.78, 5) is 24.5. The Morgan fingerprint density at radius 1 is 0.828 bits per heavy atom. The first-order valence-corrected chi connectivity index (χ1v) is 9.39. The smallest absolute Gasteiger partial charge is 0.271 e. The number of hydrogen-bond acceptors (Lipinski definition) is 3. The van der Waals surface area contributed by atoms with E-state index in [0.29, 0.717) is 27.5 Å². The molecule has 3 aromatic rings. The number of nitrogens with one attached hydrogen (secondary N) is 2. The van der Waals surface area contributed by atoms with Crippen LogP contribution in [0.1, 0.15) is 38.8 Å². The van der Waals surface area contributed by atoms with Gasteiger partial charge in [-0.15, -0.1) is 0 Å². The van der Waals surface area contributed by atoms with Gasteiger partial charge in [0.05, 0.1) is 5.71 Å². The van der Waals surface area contributed by atoms with Crippen molar-refractivity contribution in [2.45, 2.75) is 13.8 Å². The van der Waals surface area contributed by atoms with Crippen LogP contribution < -0.4 is 10.7 Å². The van der Waals surface area contributed by atoms with E-state index < -0.39 is 0 Å². The average Bonchev–Trinajstić information content (AvgIpc) is 2.73. The number of amides is 2. The molecule has 0 atom stereocenters. The van der Waals surface area contributed by atoms with Gasteiger partial charge < -0.3 is 5.32 Å². The summed E-state index contributed by atoms with van der Waals surface area (Å²) >= 11 is 5.83. The molecule has 0 spiro atoms. The van der Waals surface area contributed by atoms with Crippen LogP contribution in [0.3, 0.4) is 0 Å². The van der Waals surface area contributed by atoms with Crippen LogP contribution in [0.5, 0.6) is 0 Å². The van der Waals surface area contributed by atoms with Gasteiger partial charge in [0.15, 0.2) is 0 Å². The van der Waals surface area contributed by atoms with Gasteiger partial charge in [0, 0.05) is 21.8 Å². The van der Waals surface area contributed by atoms with Crippen molar-refractivity contribution >= 4 is 34.8 Å². The van der Waals surface area contributed by atoms with Crippen LogP contribution in [-0.4, -0.2) is 17.5 Å². The Morgan fingerprint density at radius 3 is 2.10 bits per heavy atom. The summed E-state index contributed by atoms with van der Waals surface area (Å²) in [5, 5.41) is 7.59. The van der Waals surface area contributed by atoms with E-state index in [4.69, 9.17) is 11.6 Å². The number of hydrogen-bond donors (Lipinski definition) is 2. The Bertz CT molecular complexity index is 1060. The maximum Gasteiger partial charge on any atom is 0.271 e. The molecule has 0 fully saturated rings. The van der Waals surface area contributed by atoms with E-state index >= 15 is 0 Å². The molecule has 0 bridgehead atoms. The number of hydrazone groups is 1. The summed E-state index contributed by atoms with van der Waals surface area (Å²) in [5.74, 6) is -0.473. The predicted octanol–water partition coefficient (Wildman–Crippen LogP) is 5.05. The van der Waals surface area contributed by atoms with Gasteiger partial charge in [0.1, 0.15) is 0 Å². The van der Waals surface area contributed by atoms with Gasteiger partial charge in [0.25, 0.3) is 11.8 Å². The first kappa shape index (κ1) is 20.3. The third kappa shape index (κ3) is 5.30. The normalized spacial score (nSPS) is 11.1. The fraction of sp³-hybridized carbons (Fsp3) is 0.0870. The second-order valence-corrected chi connectivity index (χ2v) is 6.93. The number of carbonyl (C=O) groups is 2. The van der Waals surface area contributed by atoms with E-state index in [2.05, 4.69) is 15.8 Å². The molecule has 0 radical (unpaired) electrons. The second-order valence-electron chi connectivity index (χ2n) is 6.49. The Labute approximate surface area is 174 Å². The van der Waals surface area contributed by atoms with Crippen molar-refractivity contribution in [2.75, 3.05) is 5.32 Å². The van der Waals surface area contributed by atoms with E-state index in [1.165, 1.54) is 0 Å². The van der Waals surface area contributed by atoms with Crippen LogP contribution >= 0.6 is 11.6 Å². The highest BCUT2D eigenvalue weighted by atomic mass is 35.5. The van der Waals surface area contributed by atoms with Gasteiger partial charge in [-0.3, -0.25) is 9.59 Å². The molecule has 146 valence electrons. The minimum absolute atomic E-state index is 0.156. The highest BCUT2D eigenvalue weighted by Gasteiger charge is 2.09. The molecule has 0 aliphatic heterocycles. The number of aryl methyl sites for hydroxylation is 1. The molecule has 0 unspecified atom stereocenters. The summed E-state index contributed by atoms with van der Waals surface area (Å²) in [7, 11) is 0. The van der Waals surface area contributed by atoms with Gasteiger partial charge >= 0.3 is 0 Å². The SMILES string of the molecule is CC(=NNC(=O)c1ccc(Cl)cc1)c1ccc(NC(=O)c2ccccc2C)cc1. The lowest BCUT2D eigenvalue weighted by molar-refractivity contribution is 0.0954. The largest absolute Gasteiger partial charge is 0.322 e. The molecule has 0 aromatic heterocycles. The Balaban J connectivity index is 1.63. The molecule has 2 amide bonds. The topological polar surface area (TPSA) is 70.6 Å². The first-order chi connectivity index (χ1) is 13.9. The fourth-order valence-corrected chi connectivity index (χ4v) is 2.81. The lowest BCUT2D eigenvalue weighted by Crippen LogP contribution is -2.19. The molecule has 3 aromatic carbocycles. The highest BCUT2D eigenvalue weighted by Crippen LogP contribution is 2.14. The number of rotatable bonds is 5. The zero-order valence-corrected chi connectivity index (χ0v) is 16.8. The maximum atomic E-state index is 12.4. The van der Waals surface area contributed by atoms with Crippen molar-refractivity contribution in [1.29, 1.82) is 0 Å². The van der Waals surface area contributed by atoms with Gasteiger partial charge in [-0.05, 0) is 67.4 Å².